The molecule has 0 fully saturated rings. The molecular formula is C6H13NO4S. The van der Waals surface area contributed by atoms with Crippen LogP contribution in [0.5, 0.6) is 0 Å². The van der Waals surface area contributed by atoms with E-state index in [2.05, 4.69) is 5.32 Å². The Hall–Kier alpha value is -0.780. The second-order valence-corrected chi connectivity index (χ2v) is 5.52. The van der Waals surface area contributed by atoms with Crippen molar-refractivity contribution in [2.45, 2.75) is 19.4 Å². The number of amides is 1. The molecule has 0 aromatic carbocycles. The van der Waals surface area contributed by atoms with Gasteiger partial charge >= 0.3 is 6.09 Å². The topological polar surface area (TPSA) is 83.5 Å². The minimum absolute atomic E-state index is 0.202. The lowest BCUT2D eigenvalue weighted by Crippen LogP contribution is -2.47. The maximum atomic E-state index is 10.8. The summed E-state index contributed by atoms with van der Waals surface area (Å²) in [5, 5.41) is 10.5. The molecule has 0 saturated carbocycles. The first-order chi connectivity index (χ1) is 5.12. The van der Waals surface area contributed by atoms with Crippen LogP contribution in [-0.4, -0.2) is 37.2 Å². The SMILES string of the molecule is CC(C)(CS(C)(=O)=O)NC(=O)O. The van der Waals surface area contributed by atoms with Gasteiger partial charge in [0.2, 0.25) is 0 Å². The molecule has 0 saturated heterocycles. The summed E-state index contributed by atoms with van der Waals surface area (Å²) in [6, 6.07) is 0. The first-order valence-electron chi connectivity index (χ1n) is 3.31. The molecule has 1 amide bonds. The normalized spacial score (nSPS) is 12.6. The van der Waals surface area contributed by atoms with Gasteiger partial charge in [-0.15, -0.1) is 0 Å². The van der Waals surface area contributed by atoms with E-state index in [-0.39, 0.29) is 5.75 Å². The lowest BCUT2D eigenvalue weighted by atomic mass is 10.1. The Morgan fingerprint density at radius 1 is 1.50 bits per heavy atom. The van der Waals surface area contributed by atoms with E-state index in [1.165, 1.54) is 13.8 Å². The van der Waals surface area contributed by atoms with Crippen molar-refractivity contribution in [1.82, 2.24) is 5.32 Å². The van der Waals surface area contributed by atoms with Crippen molar-refractivity contribution in [1.29, 1.82) is 0 Å². The number of nitrogens with one attached hydrogen (secondary N) is 1. The fourth-order valence-electron chi connectivity index (χ4n) is 0.981. The van der Waals surface area contributed by atoms with Crippen LogP contribution >= 0.6 is 0 Å². The highest BCUT2D eigenvalue weighted by Gasteiger charge is 2.24. The number of hydrogen-bond donors (Lipinski definition) is 2. The fourth-order valence-corrected chi connectivity index (χ4v) is 2.36. The highest BCUT2D eigenvalue weighted by Crippen LogP contribution is 2.05. The van der Waals surface area contributed by atoms with Crippen LogP contribution in [0.25, 0.3) is 0 Å². The second kappa shape index (κ2) is 3.30. The van der Waals surface area contributed by atoms with Crippen molar-refractivity contribution in [3.8, 4) is 0 Å². The van der Waals surface area contributed by atoms with Crippen molar-refractivity contribution >= 4 is 15.9 Å². The van der Waals surface area contributed by atoms with E-state index in [4.69, 9.17) is 5.11 Å². The first kappa shape index (κ1) is 11.2. The summed E-state index contributed by atoms with van der Waals surface area (Å²) in [4.78, 5) is 10.2. The molecule has 0 rings (SSSR count). The quantitative estimate of drug-likeness (QED) is 0.668. The fraction of sp³-hybridized carbons (Fsp3) is 0.833. The predicted octanol–water partition coefficient (Wildman–Crippen LogP) is 0.0772. The number of hydrogen-bond acceptors (Lipinski definition) is 3. The Kier molecular flexibility index (Phi) is 3.09. The van der Waals surface area contributed by atoms with Crippen molar-refractivity contribution in [3.63, 3.8) is 0 Å². The zero-order valence-electron chi connectivity index (χ0n) is 7.29. The lowest BCUT2D eigenvalue weighted by Gasteiger charge is -2.22. The van der Waals surface area contributed by atoms with Crippen molar-refractivity contribution in [2.24, 2.45) is 0 Å². The molecule has 0 unspecified atom stereocenters. The van der Waals surface area contributed by atoms with Crippen LogP contribution < -0.4 is 5.32 Å². The molecule has 0 radical (unpaired) electrons. The van der Waals surface area contributed by atoms with Gasteiger partial charge < -0.3 is 10.4 Å². The molecule has 0 atom stereocenters. The third kappa shape index (κ3) is 5.96. The molecule has 5 nitrogen and oxygen atoms in total. The van der Waals surface area contributed by atoms with Gasteiger partial charge in [0.25, 0.3) is 0 Å². The van der Waals surface area contributed by atoms with Crippen LogP contribution in [0.15, 0.2) is 0 Å². The minimum atomic E-state index is -3.15. The summed E-state index contributed by atoms with van der Waals surface area (Å²) >= 11 is 0. The Morgan fingerprint density at radius 3 is 2.17 bits per heavy atom. The first-order valence-corrected chi connectivity index (χ1v) is 5.37. The van der Waals surface area contributed by atoms with Gasteiger partial charge in [0.05, 0.1) is 11.3 Å². The summed E-state index contributed by atoms with van der Waals surface area (Å²) in [6.07, 6.45) is -0.151. The molecule has 72 valence electrons. The van der Waals surface area contributed by atoms with E-state index < -0.39 is 21.5 Å². The van der Waals surface area contributed by atoms with Gasteiger partial charge in [0, 0.05) is 6.26 Å². The van der Waals surface area contributed by atoms with Crippen LogP contribution in [0.3, 0.4) is 0 Å². The van der Waals surface area contributed by atoms with Gasteiger partial charge in [0.1, 0.15) is 9.84 Å². The molecule has 0 aromatic heterocycles. The lowest BCUT2D eigenvalue weighted by molar-refractivity contribution is 0.185. The van der Waals surface area contributed by atoms with Crippen molar-refractivity contribution in [2.75, 3.05) is 12.0 Å². The van der Waals surface area contributed by atoms with Gasteiger partial charge in [-0.25, -0.2) is 13.2 Å². The van der Waals surface area contributed by atoms with Gasteiger partial charge in [-0.3, -0.25) is 0 Å². The molecule has 6 heteroatoms. The summed E-state index contributed by atoms with van der Waals surface area (Å²) in [5.41, 5.74) is -0.931. The Labute approximate surface area is 71.7 Å². The third-order valence-electron chi connectivity index (χ3n) is 1.07. The van der Waals surface area contributed by atoms with E-state index in [0.717, 1.165) is 6.26 Å². The summed E-state index contributed by atoms with van der Waals surface area (Å²) in [5.74, 6) is -0.202. The number of carbonyl (C=O) groups is 1. The van der Waals surface area contributed by atoms with Gasteiger partial charge in [0.15, 0.2) is 0 Å². The van der Waals surface area contributed by atoms with E-state index in [1.807, 2.05) is 0 Å². The van der Waals surface area contributed by atoms with Crippen LogP contribution in [0, 0.1) is 0 Å². The second-order valence-electron chi connectivity index (χ2n) is 3.38. The smallest absolute Gasteiger partial charge is 0.405 e. The molecule has 2 N–H and O–H groups in total. The monoisotopic (exact) mass is 195 g/mol. The third-order valence-corrected chi connectivity index (χ3v) is 2.31. The van der Waals surface area contributed by atoms with Gasteiger partial charge in [-0.2, -0.15) is 0 Å². The van der Waals surface area contributed by atoms with E-state index in [1.54, 1.807) is 0 Å². The summed E-state index contributed by atoms with van der Waals surface area (Å²) in [7, 11) is -3.15. The van der Waals surface area contributed by atoms with Crippen LogP contribution in [0.4, 0.5) is 4.79 Å². The molecule has 0 aliphatic carbocycles. The maximum Gasteiger partial charge on any atom is 0.405 e. The summed E-state index contributed by atoms with van der Waals surface area (Å²) in [6.45, 7) is 3.03. The number of sulfone groups is 1. The van der Waals surface area contributed by atoms with Crippen LogP contribution in [0.1, 0.15) is 13.8 Å². The highest BCUT2D eigenvalue weighted by atomic mass is 32.2. The molecule has 0 heterocycles. The molecule has 0 spiro atoms. The van der Waals surface area contributed by atoms with E-state index in [0.29, 0.717) is 0 Å². The Balaban J connectivity index is 4.33. The summed E-state index contributed by atoms with van der Waals surface area (Å²) < 4.78 is 21.6. The van der Waals surface area contributed by atoms with Crippen molar-refractivity contribution in [3.05, 3.63) is 0 Å². The van der Waals surface area contributed by atoms with Crippen LogP contribution in [-0.2, 0) is 9.84 Å². The number of carboxylic acid groups (broad SMARTS) is 1. The Bertz CT molecular complexity index is 267. The van der Waals surface area contributed by atoms with Crippen LogP contribution in [0.2, 0.25) is 0 Å². The molecule has 0 aliphatic rings. The average Bonchev–Trinajstić information content (AvgIpc) is 1.48. The van der Waals surface area contributed by atoms with E-state index >= 15 is 0 Å². The van der Waals surface area contributed by atoms with Gasteiger partial charge in [-0.05, 0) is 13.8 Å². The number of rotatable bonds is 3. The zero-order chi connectivity index (χ0) is 9.99. The highest BCUT2D eigenvalue weighted by molar-refractivity contribution is 7.90. The standard InChI is InChI=1S/C6H13NO4S/c1-6(2,7-5(8)9)4-12(3,10)11/h7H,4H2,1-3H3,(H,8,9). The zero-order valence-corrected chi connectivity index (χ0v) is 8.10. The molecular weight excluding hydrogens is 182 g/mol. The molecule has 0 aliphatic heterocycles. The van der Waals surface area contributed by atoms with Crippen molar-refractivity contribution < 1.29 is 18.3 Å². The van der Waals surface area contributed by atoms with Gasteiger partial charge in [-0.1, -0.05) is 0 Å². The average molecular weight is 195 g/mol. The Morgan fingerprint density at radius 2 is 1.92 bits per heavy atom. The maximum absolute atomic E-state index is 10.8. The predicted molar refractivity (Wildman–Crippen MR) is 45.0 cm³/mol. The van der Waals surface area contributed by atoms with E-state index in [9.17, 15) is 13.2 Å². The molecule has 0 bridgehead atoms. The largest absolute Gasteiger partial charge is 0.465 e. The minimum Gasteiger partial charge on any atom is -0.465 e. The molecule has 0 aromatic rings. The molecule has 12 heavy (non-hydrogen) atoms.